The van der Waals surface area contributed by atoms with Crippen LogP contribution in [-0.2, 0) is 12.0 Å². The molecular formula is C15H17Cl2NS. The van der Waals surface area contributed by atoms with Gasteiger partial charge in [0, 0.05) is 21.3 Å². The molecule has 0 bridgehead atoms. The smallest absolute Gasteiger partial charge is 0.0652 e. The van der Waals surface area contributed by atoms with Crippen LogP contribution in [0.25, 0.3) is 0 Å². The third-order valence-corrected chi connectivity index (χ3v) is 4.84. The molecule has 2 rings (SSSR count). The molecule has 0 fully saturated rings. The van der Waals surface area contributed by atoms with Crippen LogP contribution in [0.5, 0.6) is 0 Å². The van der Waals surface area contributed by atoms with Gasteiger partial charge in [-0.3, -0.25) is 0 Å². The lowest BCUT2D eigenvalue weighted by atomic mass is 9.95. The van der Waals surface area contributed by atoms with Gasteiger partial charge in [0.25, 0.3) is 0 Å². The molecule has 4 heteroatoms. The Bertz CT molecular complexity index is 570. The molecule has 1 nitrogen and oxygen atoms in total. The number of nitrogens with one attached hydrogen (secondary N) is 1. The summed E-state index contributed by atoms with van der Waals surface area (Å²) in [5.41, 5.74) is 1.12. The summed E-state index contributed by atoms with van der Waals surface area (Å²) < 4.78 is 0. The molecule has 0 amide bonds. The predicted octanol–water partition coefficient (Wildman–Crippen LogP) is 5.96. The lowest BCUT2D eigenvalue weighted by Gasteiger charge is -2.15. The summed E-state index contributed by atoms with van der Waals surface area (Å²) in [6.45, 7) is 7.46. The first-order valence-corrected chi connectivity index (χ1v) is 7.71. The minimum atomic E-state index is 0.209. The van der Waals surface area contributed by atoms with Crippen molar-refractivity contribution in [3.8, 4) is 0 Å². The largest absolute Gasteiger partial charge is 0.379 e. The van der Waals surface area contributed by atoms with Crippen molar-refractivity contribution in [3.63, 3.8) is 0 Å². The Labute approximate surface area is 128 Å². The predicted molar refractivity (Wildman–Crippen MR) is 86.8 cm³/mol. The molecule has 0 aliphatic carbocycles. The summed E-state index contributed by atoms with van der Waals surface area (Å²) in [6, 6.07) is 9.86. The second kappa shape index (κ2) is 5.74. The second-order valence-electron chi connectivity index (χ2n) is 5.49. The average molecular weight is 314 g/mol. The van der Waals surface area contributed by atoms with Crippen molar-refractivity contribution in [2.45, 2.75) is 32.7 Å². The van der Waals surface area contributed by atoms with Crippen LogP contribution in [0.2, 0.25) is 10.0 Å². The van der Waals surface area contributed by atoms with E-state index in [4.69, 9.17) is 23.2 Å². The summed E-state index contributed by atoms with van der Waals surface area (Å²) in [5, 5.41) is 4.65. The second-order valence-corrected chi connectivity index (χ2v) is 7.51. The first kappa shape index (κ1) is 14.7. The fraction of sp³-hybridized carbons (Fsp3) is 0.333. The minimum Gasteiger partial charge on any atom is -0.379 e. The summed E-state index contributed by atoms with van der Waals surface area (Å²) >= 11 is 13.8. The highest BCUT2D eigenvalue weighted by molar-refractivity contribution is 7.12. The quantitative estimate of drug-likeness (QED) is 0.736. The maximum absolute atomic E-state index is 6.13. The van der Waals surface area contributed by atoms with E-state index in [-0.39, 0.29) is 5.41 Å². The molecule has 1 aromatic carbocycles. The van der Waals surface area contributed by atoms with Crippen LogP contribution >= 0.6 is 34.5 Å². The fourth-order valence-electron chi connectivity index (χ4n) is 1.69. The Morgan fingerprint density at radius 1 is 1.11 bits per heavy atom. The number of thiophene rings is 1. The molecule has 1 aromatic heterocycles. The Morgan fingerprint density at radius 2 is 1.84 bits per heavy atom. The molecule has 0 radical (unpaired) electrons. The monoisotopic (exact) mass is 313 g/mol. The van der Waals surface area contributed by atoms with Crippen LogP contribution in [0.4, 0.5) is 5.69 Å². The van der Waals surface area contributed by atoms with Crippen molar-refractivity contribution in [3.05, 3.63) is 50.1 Å². The molecule has 0 atom stereocenters. The van der Waals surface area contributed by atoms with Crippen LogP contribution < -0.4 is 5.32 Å². The Morgan fingerprint density at radius 3 is 2.42 bits per heavy atom. The van der Waals surface area contributed by atoms with E-state index in [0.717, 1.165) is 12.2 Å². The zero-order chi connectivity index (χ0) is 14.0. The van der Waals surface area contributed by atoms with Gasteiger partial charge in [0.05, 0.1) is 10.7 Å². The number of rotatable bonds is 3. The molecular weight excluding hydrogens is 297 g/mol. The molecule has 19 heavy (non-hydrogen) atoms. The van der Waals surface area contributed by atoms with Crippen molar-refractivity contribution in [1.82, 2.24) is 0 Å². The van der Waals surface area contributed by atoms with E-state index in [1.54, 1.807) is 6.07 Å². The van der Waals surface area contributed by atoms with Crippen molar-refractivity contribution in [1.29, 1.82) is 0 Å². The number of hydrogen-bond donors (Lipinski definition) is 1. The molecule has 0 unspecified atom stereocenters. The third-order valence-electron chi connectivity index (χ3n) is 2.79. The number of halogens is 2. The van der Waals surface area contributed by atoms with Gasteiger partial charge in [0.2, 0.25) is 0 Å². The first-order valence-electron chi connectivity index (χ1n) is 6.14. The summed E-state index contributed by atoms with van der Waals surface area (Å²) in [7, 11) is 0. The molecule has 0 aliphatic rings. The van der Waals surface area contributed by atoms with Gasteiger partial charge in [0.1, 0.15) is 0 Å². The lowest BCUT2D eigenvalue weighted by molar-refractivity contribution is 0.604. The topological polar surface area (TPSA) is 12.0 Å². The van der Waals surface area contributed by atoms with E-state index in [2.05, 4.69) is 38.2 Å². The molecule has 2 aromatic rings. The average Bonchev–Trinajstić information content (AvgIpc) is 2.76. The van der Waals surface area contributed by atoms with Gasteiger partial charge in [0.15, 0.2) is 0 Å². The van der Waals surface area contributed by atoms with Crippen molar-refractivity contribution < 1.29 is 0 Å². The molecule has 0 aliphatic heterocycles. The van der Waals surface area contributed by atoms with Crippen LogP contribution in [0.1, 0.15) is 30.5 Å². The van der Waals surface area contributed by atoms with Crippen LogP contribution in [0, 0.1) is 0 Å². The number of hydrogen-bond acceptors (Lipinski definition) is 2. The summed E-state index contributed by atoms with van der Waals surface area (Å²) in [4.78, 5) is 2.70. The SMILES string of the molecule is CC(C)(C)c1ccc(CNc2ccc(Cl)cc2Cl)s1. The van der Waals surface area contributed by atoms with Gasteiger partial charge in [-0.25, -0.2) is 0 Å². The normalized spacial score (nSPS) is 11.6. The zero-order valence-electron chi connectivity index (χ0n) is 11.3. The highest BCUT2D eigenvalue weighted by Gasteiger charge is 2.15. The maximum atomic E-state index is 6.13. The maximum Gasteiger partial charge on any atom is 0.0652 e. The van der Waals surface area contributed by atoms with E-state index < -0.39 is 0 Å². The van der Waals surface area contributed by atoms with E-state index in [1.165, 1.54) is 9.75 Å². The lowest BCUT2D eigenvalue weighted by Crippen LogP contribution is -2.07. The van der Waals surface area contributed by atoms with Crippen LogP contribution in [0.3, 0.4) is 0 Å². The van der Waals surface area contributed by atoms with E-state index in [9.17, 15) is 0 Å². The Hall–Kier alpha value is -0.700. The summed E-state index contributed by atoms with van der Waals surface area (Å²) in [5.74, 6) is 0. The van der Waals surface area contributed by atoms with Gasteiger partial charge < -0.3 is 5.32 Å². The molecule has 0 spiro atoms. The highest BCUT2D eigenvalue weighted by atomic mass is 35.5. The molecule has 0 saturated heterocycles. The molecule has 1 heterocycles. The fourth-order valence-corrected chi connectivity index (χ4v) is 3.17. The van der Waals surface area contributed by atoms with Crippen molar-refractivity contribution >= 4 is 40.2 Å². The summed E-state index contributed by atoms with van der Waals surface area (Å²) in [6.07, 6.45) is 0. The van der Waals surface area contributed by atoms with Gasteiger partial charge in [-0.15, -0.1) is 11.3 Å². The molecule has 102 valence electrons. The minimum absolute atomic E-state index is 0.209. The van der Waals surface area contributed by atoms with Crippen molar-refractivity contribution in [2.24, 2.45) is 0 Å². The Kier molecular flexibility index (Phi) is 4.44. The van der Waals surface area contributed by atoms with E-state index in [1.807, 2.05) is 23.5 Å². The van der Waals surface area contributed by atoms with Gasteiger partial charge in [-0.05, 0) is 35.7 Å². The first-order chi connectivity index (χ1) is 8.86. The van der Waals surface area contributed by atoms with E-state index in [0.29, 0.717) is 10.0 Å². The highest BCUT2D eigenvalue weighted by Crippen LogP contribution is 2.31. The van der Waals surface area contributed by atoms with Crippen molar-refractivity contribution in [2.75, 3.05) is 5.32 Å². The number of anilines is 1. The molecule has 1 N–H and O–H groups in total. The Balaban J connectivity index is 2.04. The third kappa shape index (κ3) is 3.88. The van der Waals surface area contributed by atoms with E-state index >= 15 is 0 Å². The van der Waals surface area contributed by atoms with Gasteiger partial charge in [-0.2, -0.15) is 0 Å². The standard InChI is InChI=1S/C15H17Cl2NS/c1-15(2,3)14-7-5-11(19-14)9-18-13-6-4-10(16)8-12(13)17/h4-8,18H,9H2,1-3H3. The van der Waals surface area contributed by atoms with Crippen LogP contribution in [0.15, 0.2) is 30.3 Å². The van der Waals surface area contributed by atoms with Gasteiger partial charge >= 0.3 is 0 Å². The van der Waals surface area contributed by atoms with Crippen LogP contribution in [-0.4, -0.2) is 0 Å². The number of benzene rings is 1. The van der Waals surface area contributed by atoms with Gasteiger partial charge in [-0.1, -0.05) is 44.0 Å². The zero-order valence-corrected chi connectivity index (χ0v) is 13.6. The molecule has 0 saturated carbocycles.